The van der Waals surface area contributed by atoms with Crippen LogP contribution < -0.4 is 0 Å². The van der Waals surface area contributed by atoms with Crippen molar-refractivity contribution in [2.24, 2.45) is 0 Å². The topological polar surface area (TPSA) is 0 Å². The molecular weight excluding hydrogens is 340 g/mol. The van der Waals surface area contributed by atoms with Crippen LogP contribution in [0.5, 0.6) is 0 Å². The summed E-state index contributed by atoms with van der Waals surface area (Å²) < 4.78 is 0. The second kappa shape index (κ2) is 8.71. The molecule has 0 atom stereocenters. The molecule has 0 saturated heterocycles. The van der Waals surface area contributed by atoms with Crippen LogP contribution in [0, 0.1) is 0 Å². The number of hydrogen-bond acceptors (Lipinski definition) is 0. The summed E-state index contributed by atoms with van der Waals surface area (Å²) in [5.41, 5.74) is 0. The third-order valence-corrected chi connectivity index (χ3v) is 5.17. The molecule has 106 valence electrons. The normalized spacial score (nSPS) is 9.86. The zero-order valence-corrected chi connectivity index (χ0v) is 14.3. The summed E-state index contributed by atoms with van der Waals surface area (Å²) in [5, 5.41) is 0. The van der Waals surface area contributed by atoms with Crippen LogP contribution >= 0.6 is 15.9 Å². The number of hydrogen-bond donors (Lipinski definition) is 0. The Labute approximate surface area is 138 Å². The second-order valence-electron chi connectivity index (χ2n) is 4.25. The number of alkyl halides is 1. The number of halogens is 1. The fraction of sp³-hybridized carbons (Fsp3) is 0.0526. The van der Waals surface area contributed by atoms with Gasteiger partial charge in [0.15, 0.2) is 14.7 Å². The maximum absolute atomic E-state index is 2.94. The van der Waals surface area contributed by atoms with E-state index in [4.69, 9.17) is 0 Å². The van der Waals surface area contributed by atoms with Crippen molar-refractivity contribution >= 4 is 26.8 Å². The monoisotopic (exact) mass is 357 g/mol. The fourth-order valence-electron chi connectivity index (χ4n) is 2.08. The first-order valence-electron chi connectivity index (χ1n) is 6.72. The number of rotatable bonds is 3. The first-order chi connectivity index (χ1) is 10.4. The van der Waals surface area contributed by atoms with E-state index < -0.39 is 0 Å². The predicted octanol–water partition coefficient (Wildman–Crippen LogP) is 5.79. The standard InChI is InChI=1S/C18H15S.CH3Br/c1-4-10-16(11-5-1)19(17-12-6-2-7-13-17)18-14-8-3-9-15-18;1-2/h1-15H;1H3/q+1;. The zero-order chi connectivity index (χ0) is 14.9. The Bertz CT molecular complexity index is 530. The van der Waals surface area contributed by atoms with E-state index in [0.29, 0.717) is 0 Å². The van der Waals surface area contributed by atoms with E-state index in [1.54, 1.807) is 0 Å². The summed E-state index contributed by atoms with van der Waals surface area (Å²) in [4.78, 5) is 4.08. The van der Waals surface area contributed by atoms with Gasteiger partial charge in [-0.3, -0.25) is 0 Å². The highest BCUT2D eigenvalue weighted by molar-refractivity contribution is 9.08. The Morgan fingerprint density at radius 3 is 0.952 bits per heavy atom. The van der Waals surface area contributed by atoms with Gasteiger partial charge in [-0.2, -0.15) is 0 Å². The van der Waals surface area contributed by atoms with Crippen molar-refractivity contribution < 1.29 is 0 Å². The maximum atomic E-state index is 2.94. The van der Waals surface area contributed by atoms with Gasteiger partial charge in [-0.05, 0) is 42.2 Å². The second-order valence-corrected chi connectivity index (χ2v) is 6.27. The number of benzene rings is 3. The minimum atomic E-state index is -0.0146. The molecule has 0 amide bonds. The molecule has 0 aliphatic heterocycles. The quantitative estimate of drug-likeness (QED) is 0.410. The Morgan fingerprint density at radius 1 is 0.476 bits per heavy atom. The van der Waals surface area contributed by atoms with Crippen LogP contribution in [0.3, 0.4) is 0 Å². The van der Waals surface area contributed by atoms with Crippen LogP contribution in [0.15, 0.2) is 106 Å². The van der Waals surface area contributed by atoms with E-state index in [1.807, 2.05) is 5.83 Å². The molecule has 0 aliphatic rings. The zero-order valence-electron chi connectivity index (χ0n) is 11.9. The van der Waals surface area contributed by atoms with Crippen molar-refractivity contribution in [2.75, 3.05) is 5.83 Å². The molecule has 0 aromatic heterocycles. The third-order valence-electron chi connectivity index (χ3n) is 2.94. The van der Waals surface area contributed by atoms with E-state index in [-0.39, 0.29) is 10.9 Å². The van der Waals surface area contributed by atoms with Gasteiger partial charge in [0.1, 0.15) is 0 Å². The van der Waals surface area contributed by atoms with E-state index in [1.165, 1.54) is 14.7 Å². The summed E-state index contributed by atoms with van der Waals surface area (Å²) in [7, 11) is -0.0146. The van der Waals surface area contributed by atoms with Gasteiger partial charge in [0.05, 0.1) is 10.9 Å². The molecule has 0 saturated carbocycles. The minimum absolute atomic E-state index is 0.0146. The van der Waals surface area contributed by atoms with E-state index in [9.17, 15) is 0 Å². The highest BCUT2D eigenvalue weighted by atomic mass is 79.9. The molecule has 0 bridgehead atoms. The molecule has 0 nitrogen and oxygen atoms in total. The lowest BCUT2D eigenvalue weighted by molar-refractivity contribution is 1.32. The summed E-state index contributed by atoms with van der Waals surface area (Å²) in [5.74, 6) is 1.81. The molecule has 0 aliphatic carbocycles. The van der Waals surface area contributed by atoms with E-state index in [0.717, 1.165) is 0 Å². The van der Waals surface area contributed by atoms with Crippen molar-refractivity contribution in [1.29, 1.82) is 0 Å². The van der Waals surface area contributed by atoms with Gasteiger partial charge in [0.25, 0.3) is 0 Å². The SMILES string of the molecule is CBr.c1ccc([S+](c2ccccc2)c2ccccc2)cc1. The lowest BCUT2D eigenvalue weighted by Crippen LogP contribution is -2.04. The molecule has 0 unspecified atom stereocenters. The molecule has 3 aromatic rings. The first kappa shape index (κ1) is 15.9. The largest absolute Gasteiger partial charge is 0.166 e. The van der Waals surface area contributed by atoms with Crippen molar-refractivity contribution in [3.05, 3.63) is 91.0 Å². The van der Waals surface area contributed by atoms with Crippen LogP contribution in [0.4, 0.5) is 0 Å². The summed E-state index contributed by atoms with van der Waals surface area (Å²) in [6.45, 7) is 0. The van der Waals surface area contributed by atoms with Crippen molar-refractivity contribution in [3.63, 3.8) is 0 Å². The Morgan fingerprint density at radius 2 is 0.714 bits per heavy atom. The predicted molar refractivity (Wildman–Crippen MR) is 96.3 cm³/mol. The van der Waals surface area contributed by atoms with Crippen LogP contribution in [0.1, 0.15) is 0 Å². The Balaban J connectivity index is 0.000000774. The van der Waals surface area contributed by atoms with Gasteiger partial charge >= 0.3 is 0 Å². The molecule has 0 radical (unpaired) electrons. The van der Waals surface area contributed by atoms with Gasteiger partial charge in [-0.1, -0.05) is 70.5 Å². The Kier molecular flexibility index (Phi) is 6.58. The summed E-state index contributed by atoms with van der Waals surface area (Å²) >= 11 is 2.94. The highest BCUT2D eigenvalue weighted by Gasteiger charge is 2.27. The molecule has 0 spiro atoms. The van der Waals surface area contributed by atoms with Gasteiger partial charge < -0.3 is 0 Å². The van der Waals surface area contributed by atoms with Gasteiger partial charge in [0, 0.05) is 0 Å². The van der Waals surface area contributed by atoms with Gasteiger partial charge in [0.2, 0.25) is 0 Å². The smallest absolute Gasteiger partial charge is 0.0966 e. The Hall–Kier alpha value is -1.51. The van der Waals surface area contributed by atoms with Crippen molar-refractivity contribution in [1.82, 2.24) is 0 Å². The fourth-order valence-corrected chi connectivity index (χ4v) is 4.18. The van der Waals surface area contributed by atoms with E-state index >= 15 is 0 Å². The molecule has 3 rings (SSSR count). The highest BCUT2D eigenvalue weighted by Crippen LogP contribution is 2.30. The van der Waals surface area contributed by atoms with Crippen LogP contribution in [-0.2, 0) is 10.9 Å². The van der Waals surface area contributed by atoms with Crippen LogP contribution in [-0.4, -0.2) is 5.83 Å². The third kappa shape index (κ3) is 4.23. The molecule has 3 aromatic carbocycles. The molecule has 2 heteroatoms. The van der Waals surface area contributed by atoms with E-state index in [2.05, 4.69) is 107 Å². The lowest BCUT2D eigenvalue weighted by atomic mass is 10.4. The molecular formula is C19H18BrS+. The summed E-state index contributed by atoms with van der Waals surface area (Å²) in [6.07, 6.45) is 0. The summed E-state index contributed by atoms with van der Waals surface area (Å²) in [6, 6.07) is 32.2. The maximum Gasteiger partial charge on any atom is 0.166 e. The van der Waals surface area contributed by atoms with Crippen LogP contribution in [0.25, 0.3) is 0 Å². The van der Waals surface area contributed by atoms with Gasteiger partial charge in [-0.25, -0.2) is 0 Å². The average molecular weight is 358 g/mol. The van der Waals surface area contributed by atoms with Crippen molar-refractivity contribution in [2.45, 2.75) is 14.7 Å². The lowest BCUT2D eigenvalue weighted by Gasteiger charge is -2.07. The average Bonchev–Trinajstić information content (AvgIpc) is 2.60. The first-order valence-corrected chi connectivity index (χ1v) is 9.53. The molecule has 21 heavy (non-hydrogen) atoms. The minimum Gasteiger partial charge on any atom is -0.0966 e. The molecule has 0 fully saturated rings. The van der Waals surface area contributed by atoms with Crippen LogP contribution in [0.2, 0.25) is 0 Å². The molecule has 0 heterocycles. The van der Waals surface area contributed by atoms with Gasteiger partial charge in [-0.15, -0.1) is 0 Å². The molecule has 0 N–H and O–H groups in total. The van der Waals surface area contributed by atoms with Crippen molar-refractivity contribution in [3.8, 4) is 0 Å².